The maximum absolute atomic E-state index is 13.0. The average molecular weight is 360 g/mol. The van der Waals surface area contributed by atoms with Gasteiger partial charge in [-0.25, -0.2) is 0 Å². The molecule has 4 unspecified atom stereocenters. The third kappa shape index (κ3) is 2.16. The third-order valence-corrected chi connectivity index (χ3v) is 7.04. The Hall–Kier alpha value is -1.75. The molecule has 2 nitrogen and oxygen atoms in total. The number of hydrogen-bond donors (Lipinski definition) is 1. The lowest BCUT2D eigenvalue weighted by Gasteiger charge is -2.59. The van der Waals surface area contributed by atoms with Crippen LogP contribution in [0.3, 0.4) is 0 Å². The number of halogens is 3. The molecule has 26 heavy (non-hydrogen) atoms. The van der Waals surface area contributed by atoms with Gasteiger partial charge in [-0.2, -0.15) is 13.2 Å². The summed E-state index contributed by atoms with van der Waals surface area (Å²) in [7, 11) is 0. The van der Waals surface area contributed by atoms with Gasteiger partial charge in [0.2, 0.25) is 0 Å². The molecule has 1 aromatic carbocycles. The van der Waals surface area contributed by atoms with Crippen LogP contribution in [0.5, 0.6) is 0 Å². The second kappa shape index (κ2) is 5.38. The Morgan fingerprint density at radius 3 is 2.85 bits per heavy atom. The van der Waals surface area contributed by atoms with Crippen molar-refractivity contribution in [1.82, 2.24) is 9.88 Å². The van der Waals surface area contributed by atoms with E-state index in [2.05, 4.69) is 29.0 Å². The smallest absolute Gasteiger partial charge is 0.361 e. The van der Waals surface area contributed by atoms with E-state index in [-0.39, 0.29) is 0 Å². The molecule has 3 aliphatic rings. The maximum Gasteiger partial charge on any atom is 0.416 e. The molecule has 1 saturated heterocycles. The number of aromatic nitrogens is 1. The first-order valence-electron chi connectivity index (χ1n) is 9.53. The van der Waals surface area contributed by atoms with Crippen molar-refractivity contribution in [2.45, 2.75) is 38.4 Å². The zero-order valence-electron chi connectivity index (χ0n) is 14.8. The average Bonchev–Trinajstić information content (AvgIpc) is 3.04. The molecule has 0 amide bonds. The monoisotopic (exact) mass is 360 g/mol. The highest BCUT2D eigenvalue weighted by molar-refractivity contribution is 5.84. The molecule has 2 aromatic rings. The predicted octanol–water partition coefficient (Wildman–Crippen LogP) is 5.02. The summed E-state index contributed by atoms with van der Waals surface area (Å²) in [5.41, 5.74) is 1.61. The lowest BCUT2D eigenvalue weighted by molar-refractivity contribution is -0.137. The Morgan fingerprint density at radius 1 is 1.31 bits per heavy atom. The molecule has 1 saturated carbocycles. The Balaban J connectivity index is 1.34. The third-order valence-electron chi connectivity index (χ3n) is 7.04. The van der Waals surface area contributed by atoms with Crippen LogP contribution in [0.4, 0.5) is 13.2 Å². The van der Waals surface area contributed by atoms with Gasteiger partial charge in [-0.3, -0.25) is 4.90 Å². The van der Waals surface area contributed by atoms with Gasteiger partial charge in [-0.1, -0.05) is 25.5 Å². The number of fused-ring (bicyclic) bond motifs is 1. The molecular weight excluding hydrogens is 337 g/mol. The van der Waals surface area contributed by atoms with Crippen LogP contribution in [0.1, 0.15) is 30.9 Å². The second-order valence-corrected chi connectivity index (χ2v) is 8.22. The van der Waals surface area contributed by atoms with Gasteiger partial charge in [0.25, 0.3) is 0 Å². The largest absolute Gasteiger partial charge is 0.416 e. The first-order chi connectivity index (χ1) is 12.4. The van der Waals surface area contributed by atoms with Crippen LogP contribution >= 0.6 is 0 Å². The van der Waals surface area contributed by atoms with Gasteiger partial charge in [-0.15, -0.1) is 0 Å². The van der Waals surface area contributed by atoms with Crippen molar-refractivity contribution in [2.24, 2.45) is 17.3 Å². The van der Waals surface area contributed by atoms with Crippen molar-refractivity contribution in [3.8, 4) is 0 Å². The van der Waals surface area contributed by atoms with E-state index >= 15 is 0 Å². The van der Waals surface area contributed by atoms with Crippen LogP contribution in [0.15, 0.2) is 36.5 Å². The molecule has 138 valence electrons. The number of alkyl halides is 3. The van der Waals surface area contributed by atoms with Crippen molar-refractivity contribution in [3.05, 3.63) is 47.7 Å². The zero-order valence-corrected chi connectivity index (χ0v) is 14.8. The second-order valence-electron chi connectivity index (χ2n) is 8.22. The van der Waals surface area contributed by atoms with E-state index in [9.17, 15) is 13.2 Å². The molecule has 1 aliphatic heterocycles. The van der Waals surface area contributed by atoms with Crippen LogP contribution in [-0.2, 0) is 12.6 Å². The van der Waals surface area contributed by atoms with Gasteiger partial charge in [0, 0.05) is 41.6 Å². The van der Waals surface area contributed by atoms with E-state index in [0.717, 1.165) is 48.5 Å². The number of H-pyrrole nitrogens is 1. The minimum absolute atomic E-state index is 0.421. The summed E-state index contributed by atoms with van der Waals surface area (Å²) in [6, 6.07) is 4.61. The van der Waals surface area contributed by atoms with Crippen molar-refractivity contribution in [3.63, 3.8) is 0 Å². The van der Waals surface area contributed by atoms with E-state index in [4.69, 9.17) is 0 Å². The molecule has 2 heterocycles. The summed E-state index contributed by atoms with van der Waals surface area (Å²) in [5.74, 6) is 1.51. The minimum atomic E-state index is -4.30. The van der Waals surface area contributed by atoms with Crippen LogP contribution < -0.4 is 0 Å². The molecular formula is C21H23F3N2. The summed E-state index contributed by atoms with van der Waals surface area (Å²) < 4.78 is 39.1. The summed E-state index contributed by atoms with van der Waals surface area (Å²) in [5, 5.41) is 0.704. The number of nitrogens with zero attached hydrogens (tertiary/aromatic N) is 1. The molecule has 1 aromatic heterocycles. The van der Waals surface area contributed by atoms with Crippen molar-refractivity contribution < 1.29 is 13.2 Å². The molecule has 0 radical (unpaired) electrons. The molecule has 2 aliphatic carbocycles. The lowest BCUT2D eigenvalue weighted by Crippen LogP contribution is -2.66. The van der Waals surface area contributed by atoms with Crippen molar-refractivity contribution >= 4 is 10.9 Å². The summed E-state index contributed by atoms with van der Waals surface area (Å²) >= 11 is 0. The number of hydrogen-bond acceptors (Lipinski definition) is 1. The highest BCUT2D eigenvalue weighted by Crippen LogP contribution is 2.62. The number of allylic oxidation sites excluding steroid dienone is 1. The van der Waals surface area contributed by atoms with Gasteiger partial charge < -0.3 is 4.98 Å². The van der Waals surface area contributed by atoms with E-state index in [1.807, 2.05) is 6.20 Å². The van der Waals surface area contributed by atoms with Gasteiger partial charge in [-0.05, 0) is 48.4 Å². The number of rotatable bonds is 4. The number of aromatic amines is 1. The van der Waals surface area contributed by atoms with Crippen molar-refractivity contribution in [2.75, 3.05) is 13.1 Å². The van der Waals surface area contributed by atoms with Gasteiger partial charge in [0.1, 0.15) is 0 Å². The van der Waals surface area contributed by atoms with E-state index in [0.29, 0.717) is 16.8 Å². The summed E-state index contributed by atoms with van der Waals surface area (Å²) in [4.78, 5) is 5.68. The first kappa shape index (κ1) is 16.4. The topological polar surface area (TPSA) is 19.0 Å². The van der Waals surface area contributed by atoms with Crippen molar-refractivity contribution in [1.29, 1.82) is 0 Å². The minimum Gasteiger partial charge on any atom is -0.361 e. The fraction of sp³-hybridized carbons (Fsp3) is 0.524. The molecule has 5 heteroatoms. The molecule has 1 spiro atoms. The summed E-state index contributed by atoms with van der Waals surface area (Å²) in [6.45, 7) is 4.32. The Morgan fingerprint density at radius 2 is 2.15 bits per heavy atom. The molecule has 5 rings (SSSR count). The highest BCUT2D eigenvalue weighted by atomic mass is 19.4. The normalized spacial score (nSPS) is 33.0. The van der Waals surface area contributed by atoms with E-state index in [1.165, 1.54) is 25.0 Å². The molecule has 4 atom stereocenters. The highest BCUT2D eigenvalue weighted by Gasteiger charge is 2.64. The van der Waals surface area contributed by atoms with Crippen LogP contribution in [0, 0.1) is 17.3 Å². The van der Waals surface area contributed by atoms with Crippen LogP contribution in [-0.4, -0.2) is 29.0 Å². The lowest BCUT2D eigenvalue weighted by atomic mass is 9.61. The van der Waals surface area contributed by atoms with E-state index < -0.39 is 11.7 Å². The Bertz CT molecular complexity index is 881. The van der Waals surface area contributed by atoms with Crippen LogP contribution in [0.25, 0.3) is 10.9 Å². The first-order valence-corrected chi connectivity index (χ1v) is 9.53. The fourth-order valence-electron chi connectivity index (χ4n) is 5.66. The summed E-state index contributed by atoms with van der Waals surface area (Å²) in [6.07, 6.45) is 5.67. The molecule has 0 bridgehead atoms. The van der Waals surface area contributed by atoms with Gasteiger partial charge >= 0.3 is 6.18 Å². The van der Waals surface area contributed by atoms with Crippen LogP contribution in [0.2, 0.25) is 0 Å². The van der Waals surface area contributed by atoms with Gasteiger partial charge in [0.15, 0.2) is 0 Å². The van der Waals surface area contributed by atoms with E-state index in [1.54, 1.807) is 0 Å². The predicted molar refractivity (Wildman–Crippen MR) is 95.8 cm³/mol. The Kier molecular flexibility index (Phi) is 3.40. The molecule has 1 N–H and O–H groups in total. The number of likely N-dealkylation sites (tertiary alicyclic amines) is 1. The number of nitrogens with one attached hydrogen (secondary N) is 1. The quantitative estimate of drug-likeness (QED) is 0.759. The van der Waals surface area contributed by atoms with Gasteiger partial charge in [0.05, 0.1) is 5.56 Å². The number of benzene rings is 1. The Labute approximate surface area is 151 Å². The molecule has 2 fully saturated rings. The zero-order chi connectivity index (χ0) is 18.1. The fourth-order valence-corrected chi connectivity index (χ4v) is 5.66. The maximum atomic E-state index is 13.0. The SMILES string of the molecule is CCC1CC2C=CC23CN(CCc2c[nH]c4ccc(C(F)(F)F)cc24)C13. The standard InChI is InChI=1S/C21H23F3N2/c1-2-13-9-15-5-7-20(15)12-26(19(13)20)8-6-14-11-25-18-4-3-16(10-17(14)18)21(22,23)24/h3-5,7,10-11,13,15,19,25H,2,6,8-9,12H2,1H3.